The van der Waals surface area contributed by atoms with Gasteiger partial charge in [-0.05, 0) is 173 Å². The number of likely N-dealkylation sites (tertiary alicyclic amines) is 2. The molecule has 2 amide bonds. The van der Waals surface area contributed by atoms with Crippen LogP contribution in [0.25, 0.3) is 0 Å². The van der Waals surface area contributed by atoms with Crippen molar-refractivity contribution < 1.29 is 56.4 Å². The van der Waals surface area contributed by atoms with Gasteiger partial charge < -0.3 is 29.5 Å². The quantitative estimate of drug-likeness (QED) is 0.201. The first-order valence-corrected chi connectivity index (χ1v) is 25.7. The van der Waals surface area contributed by atoms with E-state index in [1.54, 1.807) is 12.1 Å². The fourth-order valence-corrected chi connectivity index (χ4v) is 15.9. The van der Waals surface area contributed by atoms with Gasteiger partial charge in [-0.25, -0.2) is 27.2 Å². The van der Waals surface area contributed by atoms with Gasteiger partial charge in [0.05, 0.1) is 37.4 Å². The van der Waals surface area contributed by atoms with E-state index < -0.39 is 71.7 Å². The Labute approximate surface area is 395 Å². The lowest BCUT2D eigenvalue weighted by Gasteiger charge is -2.56. The highest BCUT2D eigenvalue weighted by atomic mass is 19.1. The number of aliphatic carboxylic acids is 2. The van der Waals surface area contributed by atoms with Gasteiger partial charge in [-0.1, -0.05) is 13.8 Å². The number of hydrogen-bond donors (Lipinski definition) is 2. The molecule has 2 saturated heterocycles. The van der Waals surface area contributed by atoms with Crippen molar-refractivity contribution in [2.45, 2.75) is 153 Å². The molecule has 10 saturated carbocycles. The SMILES string of the molecule is C[C@@H]1[C@H](F)CN(C(=O)c2cc(C3CC3)c(OCC34CC5CC(CC(C5)C3)C4)cc2F)[C@@H]1C(=O)O.C[C@H]1[C@H](F)CN(C(=O)c2cc(C3CC3)c(OCC34CC5CC(CC(C5)C3)C4)cc2F)[C@@H]1C(=O)O. The first-order valence-electron chi connectivity index (χ1n) is 25.7. The second-order valence-corrected chi connectivity index (χ2v) is 23.9. The minimum atomic E-state index is -1.45. The average molecular weight is 947 g/mol. The van der Waals surface area contributed by atoms with E-state index in [2.05, 4.69) is 0 Å². The van der Waals surface area contributed by atoms with Crippen LogP contribution in [0.1, 0.15) is 160 Å². The van der Waals surface area contributed by atoms with Crippen LogP contribution >= 0.6 is 0 Å². The summed E-state index contributed by atoms with van der Waals surface area (Å²) in [6.45, 7) is 3.47. The third-order valence-corrected chi connectivity index (χ3v) is 18.7. The molecule has 68 heavy (non-hydrogen) atoms. The van der Waals surface area contributed by atoms with Crippen LogP contribution in [0.3, 0.4) is 0 Å². The van der Waals surface area contributed by atoms with Gasteiger partial charge in [0.1, 0.15) is 47.6 Å². The number of hydrogen-bond acceptors (Lipinski definition) is 6. The number of ether oxygens (including phenoxy) is 2. The molecule has 14 rings (SSSR count). The zero-order chi connectivity index (χ0) is 47.6. The Morgan fingerprint density at radius 1 is 0.559 bits per heavy atom. The van der Waals surface area contributed by atoms with E-state index in [4.69, 9.17) is 9.47 Å². The van der Waals surface area contributed by atoms with E-state index >= 15 is 8.78 Å². The van der Waals surface area contributed by atoms with Crippen molar-refractivity contribution in [1.29, 1.82) is 0 Å². The van der Waals surface area contributed by atoms with Gasteiger partial charge in [0.2, 0.25) is 0 Å². The van der Waals surface area contributed by atoms with Crippen molar-refractivity contribution in [3.63, 3.8) is 0 Å². The molecule has 368 valence electrons. The van der Waals surface area contributed by atoms with Crippen molar-refractivity contribution in [3.05, 3.63) is 58.2 Å². The summed E-state index contributed by atoms with van der Waals surface area (Å²) in [5.41, 5.74) is 1.66. The third-order valence-electron chi connectivity index (χ3n) is 18.7. The summed E-state index contributed by atoms with van der Waals surface area (Å²) in [5.74, 6) is -0.876. The van der Waals surface area contributed by atoms with Crippen molar-refractivity contribution in [1.82, 2.24) is 9.80 Å². The minimum Gasteiger partial charge on any atom is -0.493 e. The highest BCUT2D eigenvalue weighted by molar-refractivity contribution is 5.98. The number of carboxylic acids is 2. The lowest BCUT2D eigenvalue weighted by molar-refractivity contribution is -0.143. The molecule has 10 aliphatic carbocycles. The van der Waals surface area contributed by atoms with Crippen LogP contribution < -0.4 is 9.47 Å². The summed E-state index contributed by atoms with van der Waals surface area (Å²) >= 11 is 0. The molecule has 0 radical (unpaired) electrons. The maximum absolute atomic E-state index is 15.3. The Morgan fingerprint density at radius 2 is 0.868 bits per heavy atom. The van der Waals surface area contributed by atoms with Crippen molar-refractivity contribution in [2.75, 3.05) is 26.3 Å². The van der Waals surface area contributed by atoms with Crippen molar-refractivity contribution >= 4 is 23.8 Å². The number of alkyl halides is 2. The predicted octanol–water partition coefficient (Wildman–Crippen LogP) is 10.4. The molecule has 12 fully saturated rings. The lowest BCUT2D eigenvalue weighted by Crippen LogP contribution is -2.48. The molecule has 6 atom stereocenters. The summed E-state index contributed by atoms with van der Waals surface area (Å²) < 4.78 is 71.7. The Kier molecular flexibility index (Phi) is 11.6. The zero-order valence-electron chi connectivity index (χ0n) is 39.3. The first-order chi connectivity index (χ1) is 32.5. The van der Waals surface area contributed by atoms with E-state index in [1.165, 1.54) is 103 Å². The maximum Gasteiger partial charge on any atom is 0.326 e. The van der Waals surface area contributed by atoms with E-state index in [0.29, 0.717) is 24.7 Å². The summed E-state index contributed by atoms with van der Waals surface area (Å²) in [6.07, 6.45) is 16.2. The minimum absolute atomic E-state index is 0.184. The largest absolute Gasteiger partial charge is 0.493 e. The van der Waals surface area contributed by atoms with Crippen LogP contribution in [-0.2, 0) is 9.59 Å². The maximum atomic E-state index is 15.3. The second-order valence-electron chi connectivity index (χ2n) is 23.9. The standard InChI is InChI=1S/2C27H33F2NO4/c2*1-14-22(29)12-30(24(14)26(32)33)25(31)20-7-19(18-2-3-18)23(8-21(20)28)34-13-27-9-15-4-16(10-27)6-17(5-15)11-27/h2*7-8,14-18,22,24H,2-6,9-13H2,1H3,(H,32,33)/t14-,15?,16?,17?,22+,24-,27?;14-,15?,16?,17?,22-,24+,27?/m01/s1. The fraction of sp³-hybridized carbons (Fsp3) is 0.704. The van der Waals surface area contributed by atoms with E-state index in [0.717, 1.165) is 82.1 Å². The van der Waals surface area contributed by atoms with Crippen LogP contribution in [0.5, 0.6) is 11.5 Å². The molecule has 8 bridgehead atoms. The van der Waals surface area contributed by atoms with E-state index in [9.17, 15) is 38.2 Å². The zero-order valence-corrected chi connectivity index (χ0v) is 39.3. The number of carbonyl (C=O) groups excluding carboxylic acids is 2. The molecule has 0 spiro atoms. The van der Waals surface area contributed by atoms with Gasteiger partial charge in [-0.3, -0.25) is 9.59 Å². The highest BCUT2D eigenvalue weighted by Gasteiger charge is 2.54. The Hall–Kier alpha value is -4.36. The third kappa shape index (κ3) is 8.46. The molecule has 2 aliphatic heterocycles. The number of carboxylic acid groups (broad SMARTS) is 2. The van der Waals surface area contributed by atoms with Gasteiger partial charge >= 0.3 is 11.9 Å². The highest BCUT2D eigenvalue weighted by Crippen LogP contribution is 2.62. The van der Waals surface area contributed by atoms with E-state index in [1.807, 2.05) is 0 Å². The molecule has 2 aromatic carbocycles. The normalized spacial score (nSPS) is 38.4. The Morgan fingerprint density at radius 3 is 1.15 bits per heavy atom. The molecule has 14 heteroatoms. The van der Waals surface area contributed by atoms with Gasteiger partial charge in [0.15, 0.2) is 0 Å². The molecule has 2 heterocycles. The topological polar surface area (TPSA) is 134 Å². The van der Waals surface area contributed by atoms with Crippen LogP contribution in [-0.4, -0.2) is 94.5 Å². The first kappa shape index (κ1) is 46.0. The van der Waals surface area contributed by atoms with Gasteiger partial charge in [-0.2, -0.15) is 0 Å². The van der Waals surface area contributed by atoms with E-state index in [-0.39, 0.29) is 46.9 Å². The molecule has 0 unspecified atom stereocenters. The van der Waals surface area contributed by atoms with Gasteiger partial charge in [-0.15, -0.1) is 0 Å². The summed E-state index contributed by atoms with van der Waals surface area (Å²) in [5, 5.41) is 19.1. The van der Waals surface area contributed by atoms with Gasteiger partial charge in [0, 0.05) is 34.8 Å². The van der Waals surface area contributed by atoms with Crippen molar-refractivity contribution in [2.24, 2.45) is 58.2 Å². The van der Waals surface area contributed by atoms with Gasteiger partial charge in [0.25, 0.3) is 11.8 Å². The van der Waals surface area contributed by atoms with Crippen LogP contribution in [0.4, 0.5) is 17.6 Å². The monoisotopic (exact) mass is 946 g/mol. The molecule has 2 N–H and O–H groups in total. The smallest absolute Gasteiger partial charge is 0.326 e. The van der Waals surface area contributed by atoms with Crippen LogP contribution in [0.2, 0.25) is 0 Å². The lowest BCUT2D eigenvalue weighted by atomic mass is 9.50. The van der Waals surface area contributed by atoms with Crippen LogP contribution in [0.15, 0.2) is 24.3 Å². The molecule has 0 aromatic heterocycles. The summed E-state index contributed by atoms with van der Waals surface area (Å²) in [6, 6.07) is 3.11. The molecule has 10 nitrogen and oxygen atoms in total. The summed E-state index contributed by atoms with van der Waals surface area (Å²) in [4.78, 5) is 51.7. The summed E-state index contributed by atoms with van der Waals surface area (Å²) in [7, 11) is 0. The number of benzene rings is 2. The predicted molar refractivity (Wildman–Crippen MR) is 242 cm³/mol. The molecular weight excluding hydrogens is 881 g/mol. The Bertz CT molecular complexity index is 2140. The number of carbonyl (C=O) groups is 4. The number of nitrogens with zero attached hydrogens (tertiary/aromatic N) is 2. The molecular formula is C54H66F4N2O8. The molecule has 2 aromatic rings. The van der Waals surface area contributed by atoms with Crippen LogP contribution in [0, 0.1) is 69.8 Å². The number of halogens is 4. The Balaban J connectivity index is 0.000000149. The fourth-order valence-electron chi connectivity index (χ4n) is 15.9. The average Bonchev–Trinajstić information content (AvgIpc) is 4.22. The second kappa shape index (κ2) is 17.2. The number of amides is 2. The number of rotatable bonds is 12. The van der Waals surface area contributed by atoms with Crippen molar-refractivity contribution in [3.8, 4) is 11.5 Å². The molecule has 12 aliphatic rings.